The van der Waals surface area contributed by atoms with Crippen LogP contribution in [0.3, 0.4) is 0 Å². The summed E-state index contributed by atoms with van der Waals surface area (Å²) in [4.78, 5) is 24.0. The number of ether oxygens (including phenoxy) is 2. The molecule has 0 fully saturated rings. The van der Waals surface area contributed by atoms with E-state index in [4.69, 9.17) is 9.47 Å². The molecule has 0 aromatic carbocycles. The van der Waals surface area contributed by atoms with Crippen molar-refractivity contribution < 1.29 is 24.2 Å². The molecular formula is C32H58O5. The predicted octanol–water partition coefficient (Wildman–Crippen LogP) is 8.78. The van der Waals surface area contributed by atoms with E-state index in [0.717, 1.165) is 70.6 Å². The van der Waals surface area contributed by atoms with Crippen LogP contribution in [0.25, 0.3) is 0 Å². The smallest absolute Gasteiger partial charge is 0.306 e. The van der Waals surface area contributed by atoms with Gasteiger partial charge in [-0.2, -0.15) is 0 Å². The molecule has 5 heteroatoms. The summed E-state index contributed by atoms with van der Waals surface area (Å²) in [5.41, 5.74) is 0. The van der Waals surface area contributed by atoms with Crippen molar-refractivity contribution in [1.29, 1.82) is 0 Å². The number of carbonyl (C=O) groups is 2. The van der Waals surface area contributed by atoms with E-state index in [2.05, 4.69) is 32.6 Å². The minimum atomic E-state index is -0.216. The largest absolute Gasteiger partial charge is 0.466 e. The zero-order chi connectivity index (χ0) is 27.4. The highest BCUT2D eigenvalue weighted by atomic mass is 16.5. The molecule has 0 saturated carbocycles. The van der Waals surface area contributed by atoms with Gasteiger partial charge in [-0.1, -0.05) is 96.3 Å². The maximum Gasteiger partial charge on any atom is 0.306 e. The number of esters is 2. The van der Waals surface area contributed by atoms with Crippen LogP contribution in [0.15, 0.2) is 24.8 Å². The number of allylic oxidation sites excluding steroid dienone is 1. The van der Waals surface area contributed by atoms with Crippen LogP contribution in [0, 0.1) is 0 Å². The second-order valence-electron chi connectivity index (χ2n) is 10.3. The van der Waals surface area contributed by atoms with Gasteiger partial charge in [-0.3, -0.25) is 9.59 Å². The van der Waals surface area contributed by atoms with Crippen LogP contribution < -0.4 is 0 Å². The van der Waals surface area contributed by atoms with Gasteiger partial charge in [0.1, 0.15) is 6.10 Å². The van der Waals surface area contributed by atoms with E-state index in [1.54, 1.807) is 6.08 Å². The Morgan fingerprint density at radius 3 is 2.05 bits per heavy atom. The van der Waals surface area contributed by atoms with Crippen molar-refractivity contribution in [2.45, 2.75) is 161 Å². The van der Waals surface area contributed by atoms with Crippen LogP contribution in [0.5, 0.6) is 0 Å². The molecule has 2 atom stereocenters. The van der Waals surface area contributed by atoms with E-state index < -0.39 is 0 Å². The zero-order valence-corrected chi connectivity index (χ0v) is 24.2. The molecule has 0 spiro atoms. The minimum Gasteiger partial charge on any atom is -0.466 e. The van der Waals surface area contributed by atoms with Crippen LogP contribution in [-0.2, 0) is 19.1 Å². The number of aliphatic hydroxyl groups is 1. The summed E-state index contributed by atoms with van der Waals surface area (Å²) in [6.45, 7) is 8.42. The summed E-state index contributed by atoms with van der Waals surface area (Å²) in [5, 5.41) is 9.96. The van der Waals surface area contributed by atoms with Gasteiger partial charge in [-0.25, -0.2) is 0 Å². The third kappa shape index (κ3) is 25.8. The lowest BCUT2D eigenvalue weighted by atomic mass is 10.1. The fraction of sp³-hybridized carbons (Fsp3) is 0.812. The Morgan fingerprint density at radius 2 is 1.35 bits per heavy atom. The Kier molecular flexibility index (Phi) is 26.2. The Labute approximate surface area is 228 Å². The van der Waals surface area contributed by atoms with Gasteiger partial charge in [0, 0.05) is 19.3 Å². The number of hydrogen-bond donors (Lipinski definition) is 1. The first-order chi connectivity index (χ1) is 18.0. The quantitative estimate of drug-likeness (QED) is 0.0663. The Bertz CT molecular complexity index is 572. The van der Waals surface area contributed by atoms with Gasteiger partial charge in [-0.15, -0.1) is 6.58 Å². The molecule has 0 aromatic heterocycles. The summed E-state index contributed by atoms with van der Waals surface area (Å²) < 4.78 is 10.8. The molecule has 0 aliphatic heterocycles. The molecule has 0 amide bonds. The Balaban J connectivity index is 3.62. The van der Waals surface area contributed by atoms with Crippen molar-refractivity contribution in [3.8, 4) is 0 Å². The highest BCUT2D eigenvalue weighted by molar-refractivity contribution is 5.70. The minimum absolute atomic E-state index is 0.0848. The average molecular weight is 523 g/mol. The van der Waals surface area contributed by atoms with E-state index in [1.807, 2.05) is 0 Å². The number of unbranched alkanes of at least 4 members (excludes halogenated alkanes) is 11. The second kappa shape index (κ2) is 27.4. The average Bonchev–Trinajstić information content (AvgIpc) is 2.88. The zero-order valence-electron chi connectivity index (χ0n) is 24.2. The number of carbonyl (C=O) groups excluding carboxylic acids is 2. The van der Waals surface area contributed by atoms with Crippen LogP contribution in [0.1, 0.15) is 149 Å². The van der Waals surface area contributed by atoms with Gasteiger partial charge in [0.25, 0.3) is 0 Å². The first kappa shape index (κ1) is 35.4. The van der Waals surface area contributed by atoms with Crippen molar-refractivity contribution in [1.82, 2.24) is 0 Å². The SMILES string of the molecule is C=CCC(CCCCCC)OC(=O)CCCOC(=O)CCCCCCC/C=C\CC(O)CCCCCC. The first-order valence-electron chi connectivity index (χ1n) is 15.3. The van der Waals surface area contributed by atoms with Gasteiger partial charge in [0.05, 0.1) is 12.7 Å². The molecule has 5 nitrogen and oxygen atoms in total. The Hall–Kier alpha value is -1.62. The maximum atomic E-state index is 12.1. The predicted molar refractivity (Wildman–Crippen MR) is 154 cm³/mol. The lowest BCUT2D eigenvalue weighted by molar-refractivity contribution is -0.151. The lowest BCUT2D eigenvalue weighted by Crippen LogP contribution is -2.18. The van der Waals surface area contributed by atoms with Gasteiger partial charge < -0.3 is 14.6 Å². The molecule has 2 unspecified atom stereocenters. The van der Waals surface area contributed by atoms with E-state index in [9.17, 15) is 14.7 Å². The molecular weight excluding hydrogens is 464 g/mol. The standard InChI is InChI=1S/C32H58O5/c1-4-7-9-17-23-29(33)24-18-15-13-11-12-14-16-20-26-31(34)36-28-21-27-32(35)37-30(22-6-3)25-19-10-8-5-2/h6,15,18,29-30,33H,3-5,7-14,16-17,19-28H2,1-2H3/b18-15-. The number of rotatable bonds is 27. The molecule has 0 aromatic rings. The topological polar surface area (TPSA) is 72.8 Å². The molecule has 0 bridgehead atoms. The fourth-order valence-corrected chi connectivity index (χ4v) is 4.29. The summed E-state index contributed by atoms with van der Waals surface area (Å²) in [7, 11) is 0. The highest BCUT2D eigenvalue weighted by Gasteiger charge is 2.13. The molecule has 0 aliphatic rings. The summed E-state index contributed by atoms with van der Waals surface area (Å²) in [6, 6.07) is 0. The normalized spacial score (nSPS) is 12.9. The van der Waals surface area contributed by atoms with Crippen molar-refractivity contribution in [3.05, 3.63) is 24.8 Å². The van der Waals surface area contributed by atoms with Gasteiger partial charge in [0.15, 0.2) is 0 Å². The molecule has 0 radical (unpaired) electrons. The van der Waals surface area contributed by atoms with Crippen molar-refractivity contribution in [2.24, 2.45) is 0 Å². The first-order valence-corrected chi connectivity index (χ1v) is 15.3. The van der Waals surface area contributed by atoms with E-state index in [0.29, 0.717) is 19.3 Å². The van der Waals surface area contributed by atoms with Gasteiger partial charge in [0.2, 0.25) is 0 Å². The van der Waals surface area contributed by atoms with E-state index in [-0.39, 0.29) is 37.2 Å². The molecule has 37 heavy (non-hydrogen) atoms. The lowest BCUT2D eigenvalue weighted by Gasteiger charge is -2.16. The molecule has 0 heterocycles. The number of hydrogen-bond acceptors (Lipinski definition) is 5. The Morgan fingerprint density at radius 1 is 0.730 bits per heavy atom. The van der Waals surface area contributed by atoms with E-state index in [1.165, 1.54) is 38.5 Å². The van der Waals surface area contributed by atoms with Crippen molar-refractivity contribution in [3.63, 3.8) is 0 Å². The third-order valence-corrected chi connectivity index (χ3v) is 6.61. The summed E-state index contributed by atoms with van der Waals surface area (Å²) >= 11 is 0. The molecule has 0 saturated heterocycles. The molecule has 1 N–H and O–H groups in total. The fourth-order valence-electron chi connectivity index (χ4n) is 4.29. The van der Waals surface area contributed by atoms with Crippen LogP contribution in [0.2, 0.25) is 0 Å². The van der Waals surface area contributed by atoms with Gasteiger partial charge in [-0.05, 0) is 51.4 Å². The maximum absolute atomic E-state index is 12.1. The number of aliphatic hydroxyl groups excluding tert-OH is 1. The summed E-state index contributed by atoms with van der Waals surface area (Å²) in [6.07, 6.45) is 26.2. The van der Waals surface area contributed by atoms with Crippen molar-refractivity contribution in [2.75, 3.05) is 6.61 Å². The van der Waals surface area contributed by atoms with Crippen LogP contribution in [0.4, 0.5) is 0 Å². The second-order valence-corrected chi connectivity index (χ2v) is 10.3. The van der Waals surface area contributed by atoms with Crippen LogP contribution in [-0.4, -0.2) is 35.9 Å². The monoisotopic (exact) mass is 522 g/mol. The molecule has 0 rings (SSSR count). The molecule has 0 aliphatic carbocycles. The third-order valence-electron chi connectivity index (χ3n) is 6.61. The van der Waals surface area contributed by atoms with Crippen molar-refractivity contribution >= 4 is 11.9 Å². The molecule has 216 valence electrons. The van der Waals surface area contributed by atoms with Crippen LogP contribution >= 0.6 is 0 Å². The highest BCUT2D eigenvalue weighted by Crippen LogP contribution is 2.14. The van der Waals surface area contributed by atoms with E-state index >= 15 is 0 Å². The summed E-state index contributed by atoms with van der Waals surface area (Å²) in [5.74, 6) is -0.392. The van der Waals surface area contributed by atoms with Gasteiger partial charge >= 0.3 is 11.9 Å².